The number of hydrogen-bond acceptors (Lipinski definition) is 5. The first-order chi connectivity index (χ1) is 9.20. The fourth-order valence-electron chi connectivity index (χ4n) is 2.01. The summed E-state index contributed by atoms with van der Waals surface area (Å²) in [4.78, 5) is 4.08. The molecule has 0 fully saturated rings. The van der Waals surface area contributed by atoms with E-state index in [1.807, 2.05) is 24.3 Å². The smallest absolute Gasteiger partial charge is 0.228 e. The minimum absolute atomic E-state index is 0.307. The van der Waals surface area contributed by atoms with E-state index in [9.17, 15) is 5.26 Å². The van der Waals surface area contributed by atoms with Gasteiger partial charge in [-0.1, -0.05) is 28.1 Å². The number of aromatic nitrogens is 3. The minimum Gasteiger partial charge on any atom is -0.383 e. The minimum atomic E-state index is -0.310. The molecule has 0 saturated heterocycles. The molecule has 0 unspecified atom stereocenters. The molecule has 0 saturated carbocycles. The quantitative estimate of drug-likeness (QED) is 0.837. The predicted octanol–water partition coefficient (Wildman–Crippen LogP) is 1.86. The summed E-state index contributed by atoms with van der Waals surface area (Å²) in [6.45, 7) is 0. The molecular weight excluding hydrogens is 308 g/mol. The zero-order chi connectivity index (χ0) is 13.4. The fourth-order valence-corrected chi connectivity index (χ4v) is 2.27. The average Bonchev–Trinajstić information content (AvgIpc) is 2.88. The highest BCUT2D eigenvalue weighted by atomic mass is 79.9. The molecule has 3 N–H and O–H groups in total. The second-order valence-electron chi connectivity index (χ2n) is 4.04. The van der Waals surface area contributed by atoms with Crippen LogP contribution in [0.25, 0.3) is 5.82 Å². The van der Waals surface area contributed by atoms with E-state index in [2.05, 4.69) is 37.4 Å². The highest BCUT2D eigenvalue weighted by molar-refractivity contribution is 9.10. The highest BCUT2D eigenvalue weighted by Crippen LogP contribution is 2.32. The lowest BCUT2D eigenvalue weighted by atomic mass is 9.98. The SMILES string of the molecule is N#CC1=C(N)n2ncnc2N[C@H]1c1ccc(Br)cc1. The van der Waals surface area contributed by atoms with Crippen LogP contribution in [-0.2, 0) is 0 Å². The maximum Gasteiger partial charge on any atom is 0.228 e. The molecule has 19 heavy (non-hydrogen) atoms. The zero-order valence-electron chi connectivity index (χ0n) is 9.71. The molecule has 2 heterocycles. The molecule has 1 aliphatic heterocycles. The first-order valence-electron chi connectivity index (χ1n) is 5.53. The van der Waals surface area contributed by atoms with Crippen LogP contribution >= 0.6 is 15.9 Å². The van der Waals surface area contributed by atoms with E-state index in [0.29, 0.717) is 17.3 Å². The van der Waals surface area contributed by atoms with E-state index in [1.54, 1.807) is 0 Å². The summed E-state index contributed by atoms with van der Waals surface area (Å²) in [6, 6.07) is 9.52. The molecule has 0 bridgehead atoms. The third-order valence-electron chi connectivity index (χ3n) is 2.94. The van der Waals surface area contributed by atoms with Crippen LogP contribution in [0.3, 0.4) is 0 Å². The monoisotopic (exact) mass is 316 g/mol. The van der Waals surface area contributed by atoms with Gasteiger partial charge in [0.15, 0.2) is 0 Å². The van der Waals surface area contributed by atoms with Crippen LogP contribution in [0.4, 0.5) is 5.95 Å². The van der Waals surface area contributed by atoms with Crippen molar-refractivity contribution in [3.8, 4) is 6.07 Å². The summed E-state index contributed by atoms with van der Waals surface area (Å²) in [5, 5.41) is 16.4. The van der Waals surface area contributed by atoms with Gasteiger partial charge in [0, 0.05) is 4.47 Å². The van der Waals surface area contributed by atoms with Gasteiger partial charge in [-0.05, 0) is 17.7 Å². The van der Waals surface area contributed by atoms with Crippen LogP contribution in [0.1, 0.15) is 11.6 Å². The molecule has 0 aliphatic carbocycles. The zero-order valence-corrected chi connectivity index (χ0v) is 11.3. The summed E-state index contributed by atoms with van der Waals surface area (Å²) >= 11 is 3.38. The average molecular weight is 317 g/mol. The molecule has 1 aromatic heterocycles. The molecule has 0 amide bonds. The lowest BCUT2D eigenvalue weighted by molar-refractivity contribution is 0.794. The van der Waals surface area contributed by atoms with E-state index >= 15 is 0 Å². The molecule has 2 aromatic rings. The summed E-state index contributed by atoms with van der Waals surface area (Å²) < 4.78 is 2.40. The van der Waals surface area contributed by atoms with Gasteiger partial charge >= 0.3 is 0 Å². The molecule has 3 rings (SSSR count). The van der Waals surface area contributed by atoms with E-state index in [1.165, 1.54) is 11.0 Å². The Bertz CT molecular complexity index is 694. The lowest BCUT2D eigenvalue weighted by Crippen LogP contribution is -2.27. The number of fused-ring (bicyclic) bond motifs is 1. The van der Waals surface area contributed by atoms with Crippen LogP contribution in [0.5, 0.6) is 0 Å². The number of halogens is 1. The number of nitrogens with two attached hydrogens (primary N) is 1. The summed E-state index contributed by atoms with van der Waals surface area (Å²) in [5.74, 6) is 0.839. The van der Waals surface area contributed by atoms with Crippen molar-refractivity contribution < 1.29 is 0 Å². The maximum atomic E-state index is 9.31. The standard InChI is InChI=1S/C12H9BrN6/c13-8-3-1-7(2-4-8)10-9(5-14)11(15)19-12(18-10)16-6-17-19/h1-4,6,10H,15H2,(H,16,17,18)/t10-/m0/s1. The first-order valence-corrected chi connectivity index (χ1v) is 6.32. The van der Waals surface area contributed by atoms with Gasteiger partial charge in [-0.25, -0.2) is 0 Å². The van der Waals surface area contributed by atoms with Crippen LogP contribution in [0.15, 0.2) is 40.6 Å². The Morgan fingerprint density at radius 2 is 2.11 bits per heavy atom. The second-order valence-corrected chi connectivity index (χ2v) is 4.95. The van der Waals surface area contributed by atoms with Gasteiger partial charge in [0.2, 0.25) is 5.95 Å². The molecule has 0 spiro atoms. The van der Waals surface area contributed by atoms with E-state index < -0.39 is 0 Å². The Morgan fingerprint density at radius 3 is 2.79 bits per heavy atom. The third-order valence-corrected chi connectivity index (χ3v) is 3.47. The normalized spacial score (nSPS) is 17.6. The molecule has 7 heteroatoms. The van der Waals surface area contributed by atoms with Crippen LogP contribution in [0.2, 0.25) is 0 Å². The fraction of sp³-hybridized carbons (Fsp3) is 0.0833. The summed E-state index contributed by atoms with van der Waals surface area (Å²) in [7, 11) is 0. The maximum absolute atomic E-state index is 9.31. The van der Waals surface area contributed by atoms with E-state index in [4.69, 9.17) is 5.73 Å². The molecular formula is C12H9BrN6. The number of nitrogens with one attached hydrogen (secondary N) is 1. The Hall–Kier alpha value is -2.33. The van der Waals surface area contributed by atoms with Crippen molar-refractivity contribution >= 4 is 27.7 Å². The van der Waals surface area contributed by atoms with Crippen molar-refractivity contribution in [1.29, 1.82) is 5.26 Å². The van der Waals surface area contributed by atoms with Crippen molar-refractivity contribution in [3.05, 3.63) is 46.2 Å². The molecule has 1 atom stereocenters. The second kappa shape index (κ2) is 4.40. The number of nitriles is 1. The molecule has 0 radical (unpaired) electrons. The Labute approximate surface area is 117 Å². The van der Waals surface area contributed by atoms with Crippen LogP contribution < -0.4 is 11.1 Å². The Kier molecular flexibility index (Phi) is 2.72. The molecule has 6 nitrogen and oxygen atoms in total. The van der Waals surface area contributed by atoms with Crippen LogP contribution in [0, 0.1) is 11.3 Å². The van der Waals surface area contributed by atoms with Gasteiger partial charge in [-0.2, -0.15) is 20.0 Å². The van der Waals surface area contributed by atoms with Crippen molar-refractivity contribution in [3.63, 3.8) is 0 Å². The topological polar surface area (TPSA) is 92.5 Å². The number of nitrogens with zero attached hydrogens (tertiary/aromatic N) is 4. The van der Waals surface area contributed by atoms with Gasteiger partial charge in [0.05, 0.1) is 11.6 Å². The Morgan fingerprint density at radius 1 is 1.37 bits per heavy atom. The van der Waals surface area contributed by atoms with Gasteiger partial charge in [-0.3, -0.25) is 0 Å². The van der Waals surface area contributed by atoms with Gasteiger partial charge < -0.3 is 11.1 Å². The molecule has 1 aromatic carbocycles. The van der Waals surface area contributed by atoms with Gasteiger partial charge in [0.25, 0.3) is 0 Å². The third kappa shape index (κ3) is 1.86. The van der Waals surface area contributed by atoms with Crippen molar-refractivity contribution in [1.82, 2.24) is 14.8 Å². The molecule has 1 aliphatic rings. The van der Waals surface area contributed by atoms with E-state index in [0.717, 1.165) is 10.0 Å². The first kappa shape index (κ1) is 11.7. The van der Waals surface area contributed by atoms with Gasteiger partial charge in [-0.15, -0.1) is 0 Å². The number of anilines is 1. The van der Waals surface area contributed by atoms with E-state index in [-0.39, 0.29) is 6.04 Å². The number of benzene rings is 1. The number of rotatable bonds is 1. The molecule has 94 valence electrons. The Balaban J connectivity index is 2.11. The summed E-state index contributed by atoms with van der Waals surface area (Å²) in [6.07, 6.45) is 1.40. The lowest BCUT2D eigenvalue weighted by Gasteiger charge is -2.25. The summed E-state index contributed by atoms with van der Waals surface area (Å²) in [5.41, 5.74) is 7.34. The largest absolute Gasteiger partial charge is 0.383 e. The van der Waals surface area contributed by atoms with Crippen molar-refractivity contribution in [2.24, 2.45) is 5.73 Å². The van der Waals surface area contributed by atoms with Crippen molar-refractivity contribution in [2.75, 3.05) is 5.32 Å². The van der Waals surface area contributed by atoms with Crippen LogP contribution in [-0.4, -0.2) is 14.8 Å². The van der Waals surface area contributed by atoms with Gasteiger partial charge in [0.1, 0.15) is 18.2 Å². The number of hydrogen-bond donors (Lipinski definition) is 2. The predicted molar refractivity (Wildman–Crippen MR) is 73.5 cm³/mol. The van der Waals surface area contributed by atoms with Crippen molar-refractivity contribution in [2.45, 2.75) is 6.04 Å². The highest BCUT2D eigenvalue weighted by Gasteiger charge is 2.28.